The second kappa shape index (κ2) is 6.84. The summed E-state index contributed by atoms with van der Waals surface area (Å²) in [4.78, 5) is 18.8. The van der Waals surface area contributed by atoms with Crippen LogP contribution in [0.4, 0.5) is 4.39 Å². The van der Waals surface area contributed by atoms with Crippen LogP contribution in [0.2, 0.25) is 0 Å². The maximum Gasteiger partial charge on any atom is 0.228 e. The first kappa shape index (κ1) is 16.7. The molecule has 1 amide bonds. The number of amides is 1. The molecule has 1 aliphatic heterocycles. The molecule has 4 rings (SSSR count). The number of ether oxygens (including phenoxy) is 1. The van der Waals surface area contributed by atoms with E-state index in [1.807, 2.05) is 19.1 Å². The minimum atomic E-state index is -0.278. The molecular weight excluding hydrogens is 335 g/mol. The van der Waals surface area contributed by atoms with Crippen molar-refractivity contribution >= 4 is 11.6 Å². The highest BCUT2D eigenvalue weighted by Gasteiger charge is 2.19. The Hall–Kier alpha value is -2.80. The second-order valence-corrected chi connectivity index (χ2v) is 6.37. The van der Waals surface area contributed by atoms with Gasteiger partial charge in [-0.2, -0.15) is 5.10 Å². The van der Waals surface area contributed by atoms with E-state index in [1.54, 1.807) is 21.5 Å². The first-order valence-electron chi connectivity index (χ1n) is 8.58. The molecule has 3 heterocycles. The molecule has 0 saturated carbocycles. The molecule has 134 valence electrons. The van der Waals surface area contributed by atoms with Gasteiger partial charge in [0.25, 0.3) is 0 Å². The van der Waals surface area contributed by atoms with Crippen molar-refractivity contribution in [1.29, 1.82) is 0 Å². The molecule has 0 radical (unpaired) electrons. The Balaban J connectivity index is 1.61. The maximum atomic E-state index is 13.1. The number of fused-ring (bicyclic) bond motifs is 1. The van der Waals surface area contributed by atoms with Crippen LogP contribution in [0.25, 0.3) is 16.9 Å². The Morgan fingerprint density at radius 2 is 1.92 bits per heavy atom. The van der Waals surface area contributed by atoms with Gasteiger partial charge in [0.1, 0.15) is 5.82 Å². The molecule has 0 N–H and O–H groups in total. The van der Waals surface area contributed by atoms with E-state index in [-0.39, 0.29) is 18.1 Å². The number of hydrogen-bond acceptors (Lipinski definition) is 4. The zero-order chi connectivity index (χ0) is 18.1. The van der Waals surface area contributed by atoms with Crippen molar-refractivity contribution in [2.45, 2.75) is 13.3 Å². The van der Waals surface area contributed by atoms with Gasteiger partial charge in [-0.15, -0.1) is 0 Å². The number of carbonyl (C=O) groups excluding carboxylic acids is 1. The molecule has 1 saturated heterocycles. The van der Waals surface area contributed by atoms with Crippen LogP contribution < -0.4 is 0 Å². The lowest BCUT2D eigenvalue weighted by molar-refractivity contribution is -0.134. The number of aryl methyl sites for hydroxylation is 1. The standard InChI is InChI=1S/C19H19FN4O2/c1-13-10-17(14-2-4-15(20)5-3-14)21-18-11-16(22-24(13)18)12-19(25)23-6-8-26-9-7-23/h2-5,10-11H,6-9,12H2,1H3. The van der Waals surface area contributed by atoms with E-state index in [9.17, 15) is 9.18 Å². The number of halogens is 1. The largest absolute Gasteiger partial charge is 0.378 e. The highest BCUT2D eigenvalue weighted by Crippen LogP contribution is 2.20. The van der Waals surface area contributed by atoms with Gasteiger partial charge in [0.05, 0.1) is 31.0 Å². The van der Waals surface area contributed by atoms with Crippen LogP contribution in [-0.4, -0.2) is 51.7 Å². The molecule has 1 aliphatic rings. The molecule has 6 nitrogen and oxygen atoms in total. The molecule has 0 aliphatic carbocycles. The lowest BCUT2D eigenvalue weighted by atomic mass is 10.1. The summed E-state index contributed by atoms with van der Waals surface area (Å²) in [5.74, 6) is -0.229. The summed E-state index contributed by atoms with van der Waals surface area (Å²) in [6.45, 7) is 4.34. The van der Waals surface area contributed by atoms with E-state index in [2.05, 4.69) is 10.1 Å². The molecule has 0 spiro atoms. The number of benzene rings is 1. The molecule has 7 heteroatoms. The van der Waals surface area contributed by atoms with Crippen molar-refractivity contribution in [2.75, 3.05) is 26.3 Å². The summed E-state index contributed by atoms with van der Waals surface area (Å²) in [5, 5.41) is 4.51. The SMILES string of the molecule is Cc1cc(-c2ccc(F)cc2)nc2cc(CC(=O)N3CCOCC3)nn12. The van der Waals surface area contributed by atoms with E-state index in [0.29, 0.717) is 37.6 Å². The van der Waals surface area contributed by atoms with E-state index in [0.717, 1.165) is 17.0 Å². The van der Waals surface area contributed by atoms with Crippen LogP contribution in [0.15, 0.2) is 36.4 Å². The zero-order valence-electron chi connectivity index (χ0n) is 14.5. The first-order valence-corrected chi connectivity index (χ1v) is 8.58. The van der Waals surface area contributed by atoms with Gasteiger partial charge >= 0.3 is 0 Å². The fourth-order valence-corrected chi connectivity index (χ4v) is 3.11. The van der Waals surface area contributed by atoms with Crippen LogP contribution >= 0.6 is 0 Å². The minimum absolute atomic E-state index is 0.0492. The van der Waals surface area contributed by atoms with Gasteiger partial charge in [0.15, 0.2) is 5.65 Å². The van der Waals surface area contributed by atoms with Crippen molar-refractivity contribution < 1.29 is 13.9 Å². The minimum Gasteiger partial charge on any atom is -0.378 e. The third-order valence-corrected chi connectivity index (χ3v) is 4.49. The Morgan fingerprint density at radius 3 is 2.65 bits per heavy atom. The molecule has 1 fully saturated rings. The highest BCUT2D eigenvalue weighted by molar-refractivity contribution is 5.78. The summed E-state index contributed by atoms with van der Waals surface area (Å²) in [7, 11) is 0. The molecule has 0 atom stereocenters. The van der Waals surface area contributed by atoms with E-state index in [1.165, 1.54) is 12.1 Å². The van der Waals surface area contributed by atoms with Crippen molar-refractivity contribution in [2.24, 2.45) is 0 Å². The lowest BCUT2D eigenvalue weighted by Crippen LogP contribution is -2.41. The van der Waals surface area contributed by atoms with Crippen molar-refractivity contribution in [1.82, 2.24) is 19.5 Å². The van der Waals surface area contributed by atoms with E-state index >= 15 is 0 Å². The van der Waals surface area contributed by atoms with E-state index in [4.69, 9.17) is 4.74 Å². The molecule has 2 aromatic heterocycles. The summed E-state index contributed by atoms with van der Waals surface area (Å²) < 4.78 is 20.1. The third kappa shape index (κ3) is 3.30. The number of morpholine rings is 1. The molecule has 26 heavy (non-hydrogen) atoms. The summed E-state index contributed by atoms with van der Waals surface area (Å²) in [5.41, 5.74) is 3.85. The maximum absolute atomic E-state index is 13.1. The van der Waals surface area contributed by atoms with Crippen molar-refractivity contribution in [3.63, 3.8) is 0 Å². The van der Waals surface area contributed by atoms with Crippen LogP contribution in [0.5, 0.6) is 0 Å². The predicted octanol–water partition coefficient (Wildman–Crippen LogP) is 2.25. The van der Waals surface area contributed by atoms with Crippen LogP contribution in [0.3, 0.4) is 0 Å². The quantitative estimate of drug-likeness (QED) is 0.724. The molecule has 1 aromatic carbocycles. The Labute approximate surface area is 150 Å². The molecule has 0 bridgehead atoms. The van der Waals surface area contributed by atoms with Crippen molar-refractivity contribution in [3.05, 3.63) is 53.6 Å². The van der Waals surface area contributed by atoms with Gasteiger partial charge in [-0.25, -0.2) is 13.9 Å². The summed E-state index contributed by atoms with van der Waals surface area (Å²) in [6.07, 6.45) is 0.245. The average molecular weight is 354 g/mol. The Morgan fingerprint density at radius 1 is 1.19 bits per heavy atom. The van der Waals surface area contributed by atoms with Gasteiger partial charge in [-0.05, 0) is 37.3 Å². The van der Waals surface area contributed by atoms with Gasteiger partial charge in [-0.3, -0.25) is 4.79 Å². The number of nitrogens with zero attached hydrogens (tertiary/aromatic N) is 4. The van der Waals surface area contributed by atoms with Gasteiger partial charge < -0.3 is 9.64 Å². The summed E-state index contributed by atoms with van der Waals surface area (Å²) >= 11 is 0. The normalized spacial score (nSPS) is 14.8. The average Bonchev–Trinajstić information content (AvgIpc) is 3.06. The number of rotatable bonds is 3. The molecule has 0 unspecified atom stereocenters. The monoisotopic (exact) mass is 354 g/mol. The van der Waals surface area contributed by atoms with Gasteiger partial charge in [0, 0.05) is 30.4 Å². The van der Waals surface area contributed by atoms with E-state index < -0.39 is 0 Å². The van der Waals surface area contributed by atoms with Crippen LogP contribution in [-0.2, 0) is 16.0 Å². The van der Waals surface area contributed by atoms with Gasteiger partial charge in [0.2, 0.25) is 5.91 Å². The molecular formula is C19H19FN4O2. The number of carbonyl (C=O) groups is 1. The Kier molecular flexibility index (Phi) is 4.38. The highest BCUT2D eigenvalue weighted by atomic mass is 19.1. The van der Waals surface area contributed by atoms with Crippen LogP contribution in [0, 0.1) is 12.7 Å². The fraction of sp³-hybridized carbons (Fsp3) is 0.316. The Bertz CT molecular complexity index is 946. The molecule has 3 aromatic rings. The number of aromatic nitrogens is 3. The third-order valence-electron chi connectivity index (χ3n) is 4.49. The van der Waals surface area contributed by atoms with Crippen molar-refractivity contribution in [3.8, 4) is 11.3 Å². The first-order chi connectivity index (χ1) is 12.6. The second-order valence-electron chi connectivity index (χ2n) is 6.37. The predicted molar refractivity (Wildman–Crippen MR) is 94.2 cm³/mol. The smallest absolute Gasteiger partial charge is 0.228 e. The van der Waals surface area contributed by atoms with Gasteiger partial charge in [-0.1, -0.05) is 0 Å². The lowest BCUT2D eigenvalue weighted by Gasteiger charge is -2.26. The van der Waals surface area contributed by atoms with Crippen LogP contribution in [0.1, 0.15) is 11.4 Å². The number of hydrogen-bond donors (Lipinski definition) is 0. The summed E-state index contributed by atoms with van der Waals surface area (Å²) in [6, 6.07) is 9.97. The fourth-order valence-electron chi connectivity index (χ4n) is 3.11. The zero-order valence-corrected chi connectivity index (χ0v) is 14.5. The topological polar surface area (TPSA) is 59.7 Å².